The second kappa shape index (κ2) is 8.06. The number of rotatable bonds is 5. The van der Waals surface area contributed by atoms with E-state index in [2.05, 4.69) is 19.8 Å². The first-order valence-electron chi connectivity index (χ1n) is 10.4. The van der Waals surface area contributed by atoms with Crippen molar-refractivity contribution < 1.29 is 4.79 Å². The molecule has 0 saturated carbocycles. The van der Waals surface area contributed by atoms with Gasteiger partial charge >= 0.3 is 0 Å². The Balaban J connectivity index is 1.45. The highest BCUT2D eigenvalue weighted by molar-refractivity contribution is 5.78. The maximum absolute atomic E-state index is 13.1. The first-order valence-corrected chi connectivity index (χ1v) is 10.4. The number of nitrogens with zero attached hydrogens (tertiary/aromatic N) is 6. The molecule has 1 fully saturated rings. The van der Waals surface area contributed by atoms with E-state index in [9.17, 15) is 4.79 Å². The molecule has 2 aromatic heterocycles. The summed E-state index contributed by atoms with van der Waals surface area (Å²) in [5.74, 6) is 0.954. The first-order chi connectivity index (χ1) is 14.0. The largest absolute Gasteiger partial charge is 0.347 e. The van der Waals surface area contributed by atoms with Gasteiger partial charge in [0.1, 0.15) is 0 Å². The van der Waals surface area contributed by atoms with E-state index in [0.29, 0.717) is 6.54 Å². The molecule has 2 aliphatic rings. The number of aryl methyl sites for hydroxylation is 1. The van der Waals surface area contributed by atoms with Gasteiger partial charge in [-0.1, -0.05) is 6.07 Å². The lowest BCUT2D eigenvalue weighted by Gasteiger charge is -2.41. The second-order valence-corrected chi connectivity index (χ2v) is 8.67. The monoisotopic (exact) mass is 394 g/mol. The summed E-state index contributed by atoms with van der Waals surface area (Å²) in [6.45, 7) is 2.75. The van der Waals surface area contributed by atoms with Gasteiger partial charge in [-0.2, -0.15) is 0 Å². The summed E-state index contributed by atoms with van der Waals surface area (Å²) in [5.41, 5.74) is 3.52. The van der Waals surface area contributed by atoms with E-state index in [1.54, 1.807) is 6.20 Å². The van der Waals surface area contributed by atoms with Crippen LogP contribution in [0.5, 0.6) is 0 Å². The molecule has 0 aromatic carbocycles. The molecule has 7 nitrogen and oxygen atoms in total. The van der Waals surface area contributed by atoms with Crippen LogP contribution < -0.4 is 4.90 Å². The maximum Gasteiger partial charge on any atom is 0.236 e. The van der Waals surface area contributed by atoms with Crippen LogP contribution in [0.3, 0.4) is 0 Å². The van der Waals surface area contributed by atoms with Crippen LogP contribution >= 0.6 is 0 Å². The lowest BCUT2D eigenvalue weighted by atomic mass is 9.77. The Labute approximate surface area is 172 Å². The van der Waals surface area contributed by atoms with Crippen LogP contribution in [-0.2, 0) is 23.2 Å². The minimum Gasteiger partial charge on any atom is -0.347 e. The first kappa shape index (κ1) is 19.8. The summed E-state index contributed by atoms with van der Waals surface area (Å²) in [4.78, 5) is 32.7. The molecule has 2 aromatic rings. The van der Waals surface area contributed by atoms with E-state index >= 15 is 0 Å². The van der Waals surface area contributed by atoms with Crippen molar-refractivity contribution >= 4 is 11.9 Å². The van der Waals surface area contributed by atoms with Gasteiger partial charge in [-0.15, -0.1) is 0 Å². The maximum atomic E-state index is 13.1. The van der Waals surface area contributed by atoms with Crippen molar-refractivity contribution in [2.45, 2.75) is 37.6 Å². The minimum absolute atomic E-state index is 0.0150. The van der Waals surface area contributed by atoms with E-state index in [-0.39, 0.29) is 11.3 Å². The third-order valence-electron chi connectivity index (χ3n) is 6.14. The average molecular weight is 395 g/mol. The molecule has 1 amide bonds. The molecule has 1 aliphatic heterocycles. The summed E-state index contributed by atoms with van der Waals surface area (Å²) in [7, 11) is 5.93. The number of anilines is 1. The number of likely N-dealkylation sites (tertiary alicyclic amines) is 1. The second-order valence-electron chi connectivity index (χ2n) is 8.67. The molecule has 1 aliphatic carbocycles. The lowest BCUT2D eigenvalue weighted by Crippen LogP contribution is -2.50. The van der Waals surface area contributed by atoms with Crippen molar-refractivity contribution in [1.82, 2.24) is 24.8 Å². The Morgan fingerprint density at radius 2 is 2.10 bits per heavy atom. The zero-order valence-electron chi connectivity index (χ0n) is 17.6. The van der Waals surface area contributed by atoms with Gasteiger partial charge in [0.2, 0.25) is 11.9 Å². The molecule has 29 heavy (non-hydrogen) atoms. The van der Waals surface area contributed by atoms with Gasteiger partial charge in [0, 0.05) is 57.7 Å². The molecule has 1 saturated heterocycles. The third kappa shape index (κ3) is 4.10. The molecule has 7 heteroatoms. The number of likely N-dealkylation sites (N-methyl/N-ethyl adjacent to an activating group) is 1. The fourth-order valence-corrected chi connectivity index (χ4v) is 4.68. The summed E-state index contributed by atoms with van der Waals surface area (Å²) < 4.78 is 0. The lowest BCUT2D eigenvalue weighted by molar-refractivity contribution is -0.134. The summed E-state index contributed by atoms with van der Waals surface area (Å²) in [6, 6.07) is 3.97. The number of aromatic nitrogens is 3. The Hall–Kier alpha value is -2.54. The third-order valence-corrected chi connectivity index (χ3v) is 6.14. The molecule has 1 spiro atoms. The van der Waals surface area contributed by atoms with E-state index in [0.717, 1.165) is 62.5 Å². The molecule has 1 unspecified atom stereocenters. The van der Waals surface area contributed by atoms with E-state index in [4.69, 9.17) is 4.98 Å². The summed E-state index contributed by atoms with van der Waals surface area (Å²) >= 11 is 0. The molecule has 0 N–H and O–H groups in total. The number of carbonyl (C=O) groups excluding carboxylic acids is 1. The van der Waals surface area contributed by atoms with Crippen molar-refractivity contribution in [1.29, 1.82) is 0 Å². The number of amides is 1. The normalized spacial score (nSPS) is 20.9. The van der Waals surface area contributed by atoms with Gasteiger partial charge in [-0.05, 0) is 49.9 Å². The van der Waals surface area contributed by atoms with Gasteiger partial charge in [0.05, 0.1) is 12.2 Å². The van der Waals surface area contributed by atoms with Crippen LogP contribution in [0.1, 0.15) is 36.1 Å². The number of carbonyl (C=O) groups is 1. The Kier molecular flexibility index (Phi) is 5.50. The predicted molar refractivity (Wildman–Crippen MR) is 113 cm³/mol. The highest BCUT2D eigenvalue weighted by Gasteiger charge is 2.44. The van der Waals surface area contributed by atoms with E-state index in [1.165, 1.54) is 5.56 Å². The van der Waals surface area contributed by atoms with Crippen molar-refractivity contribution in [2.24, 2.45) is 0 Å². The van der Waals surface area contributed by atoms with E-state index < -0.39 is 0 Å². The fraction of sp³-hybridized carbons (Fsp3) is 0.545. The molecule has 4 rings (SSSR count). The Bertz CT molecular complexity index is 867. The Morgan fingerprint density at radius 1 is 1.24 bits per heavy atom. The van der Waals surface area contributed by atoms with Gasteiger partial charge in [-0.3, -0.25) is 14.7 Å². The van der Waals surface area contributed by atoms with Crippen LogP contribution in [0.25, 0.3) is 0 Å². The van der Waals surface area contributed by atoms with Gasteiger partial charge < -0.3 is 9.80 Å². The fourth-order valence-electron chi connectivity index (χ4n) is 4.68. The average Bonchev–Trinajstić information content (AvgIpc) is 3.06. The van der Waals surface area contributed by atoms with Crippen molar-refractivity contribution in [2.75, 3.05) is 45.7 Å². The molecule has 0 bridgehead atoms. The zero-order valence-corrected chi connectivity index (χ0v) is 17.6. The standard InChI is InChI=1S/C22H30N6O/c1-26(2)21-24-13-18-7-9-22(20(18)25-21)8-5-11-28(16-22)19(29)15-27(3)14-17-6-4-10-23-12-17/h4,6,10,12-13H,5,7-9,11,14-16H2,1-3H3. The van der Waals surface area contributed by atoms with Gasteiger partial charge in [0.15, 0.2) is 0 Å². The van der Waals surface area contributed by atoms with Crippen molar-refractivity contribution in [3.63, 3.8) is 0 Å². The van der Waals surface area contributed by atoms with Crippen LogP contribution in [0.2, 0.25) is 0 Å². The van der Waals surface area contributed by atoms with Crippen molar-refractivity contribution in [3.05, 3.63) is 47.5 Å². The molecule has 154 valence electrons. The highest BCUT2D eigenvalue weighted by Crippen LogP contribution is 2.44. The summed E-state index contributed by atoms with van der Waals surface area (Å²) in [5, 5.41) is 0. The SMILES string of the molecule is CN(CC(=O)N1CCCC2(CCc3cnc(N(C)C)nc32)C1)Cc1cccnc1. The smallest absolute Gasteiger partial charge is 0.236 e. The van der Waals surface area contributed by atoms with Crippen molar-refractivity contribution in [3.8, 4) is 0 Å². The quantitative estimate of drug-likeness (QED) is 0.772. The predicted octanol–water partition coefficient (Wildman–Crippen LogP) is 1.88. The molecule has 1 atom stereocenters. The zero-order chi connectivity index (χ0) is 20.4. The molecule has 0 radical (unpaired) electrons. The highest BCUT2D eigenvalue weighted by atomic mass is 16.2. The molecule has 3 heterocycles. The minimum atomic E-state index is -0.0150. The van der Waals surface area contributed by atoms with Crippen LogP contribution in [-0.4, -0.2) is 71.4 Å². The topological polar surface area (TPSA) is 65.5 Å². The number of pyridine rings is 1. The van der Waals surface area contributed by atoms with E-state index in [1.807, 2.05) is 50.6 Å². The number of hydrogen-bond donors (Lipinski definition) is 0. The number of piperidine rings is 1. The molecular weight excluding hydrogens is 364 g/mol. The van der Waals surface area contributed by atoms with Crippen LogP contribution in [0.4, 0.5) is 5.95 Å². The van der Waals surface area contributed by atoms with Crippen LogP contribution in [0, 0.1) is 0 Å². The Morgan fingerprint density at radius 3 is 2.86 bits per heavy atom. The number of hydrogen-bond acceptors (Lipinski definition) is 6. The van der Waals surface area contributed by atoms with Gasteiger partial charge in [0.25, 0.3) is 0 Å². The van der Waals surface area contributed by atoms with Gasteiger partial charge in [-0.25, -0.2) is 9.97 Å². The summed E-state index contributed by atoms with van der Waals surface area (Å²) in [6.07, 6.45) is 9.79. The molecular formula is C22H30N6O. The number of fused-ring (bicyclic) bond motifs is 2. The van der Waals surface area contributed by atoms with Crippen LogP contribution in [0.15, 0.2) is 30.7 Å².